The number of allylic oxidation sites excluding steroid dienone is 3. The molecule has 4 heteroatoms. The molecule has 0 aliphatic heterocycles. The zero-order chi connectivity index (χ0) is 17.1. The van der Waals surface area contributed by atoms with Gasteiger partial charge in [-0.1, -0.05) is 12.5 Å². The quantitative estimate of drug-likeness (QED) is 0.534. The van der Waals surface area contributed by atoms with Crippen LogP contribution in [0.4, 0.5) is 0 Å². The van der Waals surface area contributed by atoms with Crippen LogP contribution in [0, 0.1) is 25.2 Å². The van der Waals surface area contributed by atoms with Crippen LogP contribution in [0.2, 0.25) is 0 Å². The lowest BCUT2D eigenvalue weighted by atomic mass is 9.91. The molecule has 3 rings (SSSR count). The minimum absolute atomic E-state index is 0.808. The van der Waals surface area contributed by atoms with E-state index in [1.165, 1.54) is 36.2 Å². The van der Waals surface area contributed by atoms with Crippen molar-refractivity contribution in [3.8, 4) is 17.3 Å². The molecule has 1 saturated carbocycles. The Morgan fingerprint density at radius 1 is 1.38 bits per heavy atom. The summed E-state index contributed by atoms with van der Waals surface area (Å²) in [4.78, 5) is 4.80. The van der Waals surface area contributed by atoms with Crippen LogP contribution in [0.15, 0.2) is 29.7 Å². The topological polar surface area (TPSA) is 41.6 Å². The van der Waals surface area contributed by atoms with E-state index in [0.717, 1.165) is 41.2 Å². The summed E-state index contributed by atoms with van der Waals surface area (Å²) in [5.74, 6) is 0. The first kappa shape index (κ1) is 16.7. The van der Waals surface area contributed by atoms with Crippen molar-refractivity contribution in [2.45, 2.75) is 52.5 Å². The van der Waals surface area contributed by atoms with Crippen LogP contribution in [0.1, 0.15) is 48.5 Å². The number of hydrogen-bond donors (Lipinski definition) is 0. The first-order chi connectivity index (χ1) is 11.7. The molecule has 0 bridgehead atoms. The fraction of sp³-hybridized carbons (Fsp3) is 0.400. The van der Waals surface area contributed by atoms with E-state index in [0.29, 0.717) is 0 Å². The minimum atomic E-state index is 0.808. The van der Waals surface area contributed by atoms with Crippen LogP contribution in [-0.4, -0.2) is 9.55 Å². The van der Waals surface area contributed by atoms with Gasteiger partial charge in [0.05, 0.1) is 11.3 Å². The highest BCUT2D eigenvalue weighted by Crippen LogP contribution is 2.34. The Morgan fingerprint density at radius 2 is 2.12 bits per heavy atom. The van der Waals surface area contributed by atoms with Crippen LogP contribution in [-0.2, 0) is 6.54 Å². The minimum Gasteiger partial charge on any atom is -0.345 e. The molecule has 2 heterocycles. The molecule has 0 unspecified atom stereocenters. The third kappa shape index (κ3) is 3.09. The molecule has 1 fully saturated rings. The average molecular weight is 337 g/mol. The first-order valence-corrected chi connectivity index (χ1v) is 9.39. The molecular weight excluding hydrogens is 314 g/mol. The molecule has 0 aromatic carbocycles. The summed E-state index contributed by atoms with van der Waals surface area (Å²) in [7, 11) is 0. The maximum Gasteiger partial charge on any atom is 0.134 e. The normalized spacial score (nSPS) is 14.5. The second kappa shape index (κ2) is 7.19. The molecule has 2 aromatic rings. The smallest absolute Gasteiger partial charge is 0.134 e. The third-order valence-corrected chi connectivity index (χ3v) is 5.66. The Hall–Kier alpha value is -2.12. The maximum atomic E-state index is 9.63. The predicted octanol–water partition coefficient (Wildman–Crippen LogP) is 5.66. The average Bonchev–Trinajstić information content (AvgIpc) is 3.17. The number of aryl methyl sites for hydroxylation is 1. The van der Waals surface area contributed by atoms with E-state index >= 15 is 0 Å². The molecule has 0 spiro atoms. The summed E-state index contributed by atoms with van der Waals surface area (Å²) in [5, 5.41) is 12.6. The zero-order valence-electron chi connectivity index (χ0n) is 14.4. The summed E-state index contributed by atoms with van der Waals surface area (Å²) in [6.45, 7) is 8.87. The van der Waals surface area contributed by atoms with Crippen LogP contribution in [0.5, 0.6) is 0 Å². The van der Waals surface area contributed by atoms with Crippen molar-refractivity contribution in [2.24, 2.45) is 0 Å². The van der Waals surface area contributed by atoms with Crippen molar-refractivity contribution in [1.29, 1.82) is 5.26 Å². The predicted molar refractivity (Wildman–Crippen MR) is 101 cm³/mol. The standard InChI is InChI=1S/C20H23N3S/c1-4-10-23-14(2)11-17(15(23)3)19-13-24-20(22-19)18(12-21)16-8-6-5-7-9-16/h4,11,13H,1,5-10H2,2-3H3. The molecule has 0 amide bonds. The van der Waals surface area contributed by atoms with E-state index < -0.39 is 0 Å². The zero-order valence-corrected chi connectivity index (χ0v) is 15.2. The lowest BCUT2D eigenvalue weighted by Gasteiger charge is -2.14. The van der Waals surface area contributed by atoms with Gasteiger partial charge in [0.1, 0.15) is 11.1 Å². The summed E-state index contributed by atoms with van der Waals surface area (Å²) in [6.07, 6.45) is 7.68. The highest BCUT2D eigenvalue weighted by molar-refractivity contribution is 7.11. The number of nitriles is 1. The van der Waals surface area contributed by atoms with Gasteiger partial charge in [-0.3, -0.25) is 0 Å². The Bertz CT molecular complexity index is 822. The highest BCUT2D eigenvalue weighted by Gasteiger charge is 2.18. The van der Waals surface area contributed by atoms with E-state index in [-0.39, 0.29) is 0 Å². The molecule has 0 radical (unpaired) electrons. The van der Waals surface area contributed by atoms with Crippen molar-refractivity contribution < 1.29 is 0 Å². The Labute approximate surface area is 148 Å². The maximum absolute atomic E-state index is 9.63. The molecule has 1 aliphatic carbocycles. The van der Waals surface area contributed by atoms with E-state index in [1.807, 2.05) is 6.08 Å². The van der Waals surface area contributed by atoms with Gasteiger partial charge in [-0.25, -0.2) is 4.98 Å². The van der Waals surface area contributed by atoms with Crippen molar-refractivity contribution in [2.75, 3.05) is 0 Å². The molecule has 3 nitrogen and oxygen atoms in total. The van der Waals surface area contributed by atoms with Crippen LogP contribution < -0.4 is 0 Å². The van der Waals surface area contributed by atoms with Gasteiger partial charge in [0.2, 0.25) is 0 Å². The number of aromatic nitrogens is 2. The van der Waals surface area contributed by atoms with Gasteiger partial charge in [0.25, 0.3) is 0 Å². The number of hydrogen-bond acceptors (Lipinski definition) is 3. The van der Waals surface area contributed by atoms with Crippen molar-refractivity contribution in [3.63, 3.8) is 0 Å². The van der Waals surface area contributed by atoms with E-state index in [9.17, 15) is 5.26 Å². The number of thiazole rings is 1. The number of nitrogens with zero attached hydrogens (tertiary/aromatic N) is 3. The largest absolute Gasteiger partial charge is 0.345 e. The number of rotatable bonds is 4. The fourth-order valence-electron chi connectivity index (χ4n) is 3.49. The molecule has 0 N–H and O–H groups in total. The Kier molecular flexibility index (Phi) is 5.01. The highest BCUT2D eigenvalue weighted by atomic mass is 32.1. The summed E-state index contributed by atoms with van der Waals surface area (Å²) in [5.41, 5.74) is 6.65. The van der Waals surface area contributed by atoms with Crippen molar-refractivity contribution in [1.82, 2.24) is 9.55 Å². The molecule has 2 aromatic heterocycles. The molecule has 0 saturated heterocycles. The van der Waals surface area contributed by atoms with Crippen molar-refractivity contribution in [3.05, 3.63) is 46.1 Å². The Balaban J connectivity index is 1.98. The Morgan fingerprint density at radius 3 is 2.79 bits per heavy atom. The summed E-state index contributed by atoms with van der Waals surface area (Å²) >= 11 is 1.59. The first-order valence-electron chi connectivity index (χ1n) is 8.51. The van der Waals surface area contributed by atoms with Crippen LogP contribution >= 0.6 is 11.3 Å². The SMILES string of the molecule is C=CCn1c(C)cc(-c2csc(C(C#N)=C3CCCCC3)n2)c1C. The van der Waals surface area contributed by atoms with Gasteiger partial charge in [0.15, 0.2) is 0 Å². The van der Waals surface area contributed by atoms with E-state index in [4.69, 9.17) is 4.98 Å². The van der Waals surface area contributed by atoms with Gasteiger partial charge < -0.3 is 4.57 Å². The molecule has 1 aliphatic rings. The second-order valence-electron chi connectivity index (χ2n) is 6.37. The van der Waals surface area contributed by atoms with Gasteiger partial charge in [-0.15, -0.1) is 17.9 Å². The van der Waals surface area contributed by atoms with Gasteiger partial charge in [0, 0.05) is 28.9 Å². The summed E-state index contributed by atoms with van der Waals surface area (Å²) < 4.78 is 2.24. The van der Waals surface area contributed by atoms with Gasteiger partial charge in [-0.05, 0) is 51.2 Å². The van der Waals surface area contributed by atoms with Gasteiger partial charge in [-0.2, -0.15) is 5.26 Å². The summed E-state index contributed by atoms with van der Waals surface area (Å²) in [6, 6.07) is 4.59. The molecular formula is C20H23N3S. The molecule has 124 valence electrons. The van der Waals surface area contributed by atoms with Crippen LogP contribution in [0.3, 0.4) is 0 Å². The molecule has 0 atom stereocenters. The van der Waals surface area contributed by atoms with Crippen LogP contribution in [0.25, 0.3) is 16.8 Å². The van der Waals surface area contributed by atoms with E-state index in [2.05, 4.69) is 42.5 Å². The fourth-order valence-corrected chi connectivity index (χ4v) is 4.35. The van der Waals surface area contributed by atoms with E-state index in [1.54, 1.807) is 11.3 Å². The van der Waals surface area contributed by atoms with Gasteiger partial charge >= 0.3 is 0 Å². The third-order valence-electron chi connectivity index (χ3n) is 4.80. The monoisotopic (exact) mass is 337 g/mol. The lowest BCUT2D eigenvalue weighted by Crippen LogP contribution is -1.99. The lowest BCUT2D eigenvalue weighted by molar-refractivity contribution is 0.601. The second-order valence-corrected chi connectivity index (χ2v) is 7.23. The molecule has 24 heavy (non-hydrogen) atoms. The van der Waals surface area contributed by atoms with Crippen molar-refractivity contribution >= 4 is 16.9 Å².